The van der Waals surface area contributed by atoms with E-state index >= 15 is 0 Å². The lowest BCUT2D eigenvalue weighted by Gasteiger charge is -2.43. The number of fused-ring (bicyclic) bond motifs is 2. The maximum absolute atomic E-state index is 4.41. The highest BCUT2D eigenvalue weighted by Crippen LogP contribution is 2.62. The van der Waals surface area contributed by atoms with Gasteiger partial charge < -0.3 is 5.32 Å². The first kappa shape index (κ1) is 12.9. The highest BCUT2D eigenvalue weighted by Gasteiger charge is 2.59. The van der Waals surface area contributed by atoms with Crippen LogP contribution in [0.15, 0.2) is 12.4 Å². The molecule has 104 valence electrons. The Morgan fingerprint density at radius 1 is 1.32 bits per heavy atom. The summed E-state index contributed by atoms with van der Waals surface area (Å²) in [6.45, 7) is 9.42. The quantitative estimate of drug-likeness (QED) is 0.900. The Labute approximate surface area is 116 Å². The van der Waals surface area contributed by atoms with E-state index in [0.717, 1.165) is 23.9 Å². The summed E-state index contributed by atoms with van der Waals surface area (Å²) in [6.07, 6.45) is 6.76. The second kappa shape index (κ2) is 4.19. The summed E-state index contributed by atoms with van der Waals surface area (Å²) in [4.78, 5) is 8.69. The summed E-state index contributed by atoms with van der Waals surface area (Å²) in [5.74, 6) is 1.86. The van der Waals surface area contributed by atoms with Crippen LogP contribution in [-0.2, 0) is 6.42 Å². The molecule has 3 nitrogen and oxygen atoms in total. The second-order valence-corrected chi connectivity index (χ2v) is 7.24. The Kier molecular flexibility index (Phi) is 2.84. The topological polar surface area (TPSA) is 37.8 Å². The molecule has 0 aromatic carbocycles. The molecule has 0 aliphatic heterocycles. The molecule has 1 aromatic heterocycles. The Bertz CT molecular complexity index is 478. The average Bonchev–Trinajstić information content (AvgIpc) is 2.86. The van der Waals surface area contributed by atoms with Gasteiger partial charge in [-0.2, -0.15) is 0 Å². The number of hydrogen-bond acceptors (Lipinski definition) is 3. The third-order valence-corrected chi connectivity index (χ3v) is 5.65. The van der Waals surface area contributed by atoms with Gasteiger partial charge in [-0.25, -0.2) is 9.97 Å². The minimum absolute atomic E-state index is 0.365. The van der Waals surface area contributed by atoms with Gasteiger partial charge in [0.05, 0.1) is 0 Å². The Morgan fingerprint density at radius 2 is 2.11 bits per heavy atom. The van der Waals surface area contributed by atoms with Crippen LogP contribution in [0.1, 0.15) is 52.7 Å². The number of nitrogens with one attached hydrogen (secondary N) is 1. The summed E-state index contributed by atoms with van der Waals surface area (Å²) in [6, 6.07) is 2.63. The molecule has 0 amide bonds. The van der Waals surface area contributed by atoms with Gasteiger partial charge in [-0.05, 0) is 42.4 Å². The van der Waals surface area contributed by atoms with E-state index in [1.54, 1.807) is 6.33 Å². The highest BCUT2D eigenvalue weighted by molar-refractivity contribution is 5.39. The van der Waals surface area contributed by atoms with Crippen LogP contribution in [0.2, 0.25) is 0 Å². The zero-order chi connectivity index (χ0) is 13.7. The fourth-order valence-corrected chi connectivity index (χ4v) is 4.48. The molecule has 0 spiro atoms. The lowest BCUT2D eigenvalue weighted by atomic mass is 9.68. The van der Waals surface area contributed by atoms with Crippen molar-refractivity contribution in [2.24, 2.45) is 16.7 Å². The van der Waals surface area contributed by atoms with Crippen molar-refractivity contribution in [2.45, 2.75) is 59.4 Å². The van der Waals surface area contributed by atoms with Crippen LogP contribution >= 0.6 is 0 Å². The number of aromatic nitrogens is 2. The Hall–Kier alpha value is -1.12. The summed E-state index contributed by atoms with van der Waals surface area (Å²) >= 11 is 0. The number of rotatable bonds is 3. The maximum Gasteiger partial charge on any atom is 0.129 e. The third kappa shape index (κ3) is 1.94. The van der Waals surface area contributed by atoms with Gasteiger partial charge in [-0.15, -0.1) is 0 Å². The minimum Gasteiger partial charge on any atom is -0.366 e. The zero-order valence-corrected chi connectivity index (χ0v) is 12.5. The van der Waals surface area contributed by atoms with Gasteiger partial charge in [0.1, 0.15) is 12.1 Å². The molecule has 3 heteroatoms. The molecule has 19 heavy (non-hydrogen) atoms. The van der Waals surface area contributed by atoms with Crippen molar-refractivity contribution in [3.05, 3.63) is 18.1 Å². The maximum atomic E-state index is 4.41. The molecule has 2 aliphatic carbocycles. The summed E-state index contributed by atoms with van der Waals surface area (Å²) in [5, 5.41) is 3.73. The van der Waals surface area contributed by atoms with Crippen molar-refractivity contribution in [1.29, 1.82) is 0 Å². The fourth-order valence-electron chi connectivity index (χ4n) is 4.48. The van der Waals surface area contributed by atoms with Gasteiger partial charge in [-0.1, -0.05) is 27.7 Å². The largest absolute Gasteiger partial charge is 0.366 e. The van der Waals surface area contributed by atoms with Gasteiger partial charge >= 0.3 is 0 Å². The van der Waals surface area contributed by atoms with Crippen LogP contribution in [0.3, 0.4) is 0 Å². The predicted molar refractivity (Wildman–Crippen MR) is 78.0 cm³/mol. The van der Waals surface area contributed by atoms with Crippen LogP contribution in [0.25, 0.3) is 0 Å². The van der Waals surface area contributed by atoms with Crippen LogP contribution in [0.4, 0.5) is 5.82 Å². The molecule has 3 unspecified atom stereocenters. The first-order valence-corrected chi connectivity index (χ1v) is 7.53. The van der Waals surface area contributed by atoms with Crippen molar-refractivity contribution in [1.82, 2.24) is 9.97 Å². The van der Waals surface area contributed by atoms with Gasteiger partial charge in [0.25, 0.3) is 0 Å². The third-order valence-electron chi connectivity index (χ3n) is 5.65. The Balaban J connectivity index is 1.86. The summed E-state index contributed by atoms with van der Waals surface area (Å²) < 4.78 is 0. The van der Waals surface area contributed by atoms with Crippen LogP contribution < -0.4 is 5.32 Å². The number of nitrogens with zero attached hydrogens (tertiary/aromatic N) is 2. The molecule has 1 aromatic rings. The van der Waals surface area contributed by atoms with Crippen molar-refractivity contribution in [2.75, 3.05) is 5.32 Å². The van der Waals surface area contributed by atoms with Crippen molar-refractivity contribution in [3.63, 3.8) is 0 Å². The number of anilines is 1. The normalized spacial score (nSPS) is 35.6. The first-order valence-electron chi connectivity index (χ1n) is 7.53. The first-order chi connectivity index (χ1) is 8.95. The van der Waals surface area contributed by atoms with Crippen LogP contribution in [0.5, 0.6) is 0 Å². The SMILES string of the molecule is CCc1cc(NC2C3(C)CCC(C3)C2(C)C)ncn1. The molecular weight excluding hydrogens is 234 g/mol. The molecule has 2 saturated carbocycles. The lowest BCUT2D eigenvalue weighted by Crippen LogP contribution is -2.46. The van der Waals surface area contributed by atoms with E-state index in [9.17, 15) is 0 Å². The minimum atomic E-state index is 0.365. The van der Waals surface area contributed by atoms with Gasteiger partial charge in [0.2, 0.25) is 0 Å². The highest BCUT2D eigenvalue weighted by atomic mass is 15.1. The summed E-state index contributed by atoms with van der Waals surface area (Å²) in [5.41, 5.74) is 1.92. The van der Waals surface area contributed by atoms with E-state index in [0.29, 0.717) is 16.9 Å². The van der Waals surface area contributed by atoms with E-state index in [1.165, 1.54) is 19.3 Å². The van der Waals surface area contributed by atoms with Crippen molar-refractivity contribution in [3.8, 4) is 0 Å². The van der Waals surface area contributed by atoms with Crippen molar-refractivity contribution < 1.29 is 0 Å². The van der Waals surface area contributed by atoms with E-state index in [1.807, 2.05) is 0 Å². The summed E-state index contributed by atoms with van der Waals surface area (Å²) in [7, 11) is 0. The van der Waals surface area contributed by atoms with E-state index < -0.39 is 0 Å². The molecule has 0 saturated heterocycles. The molecule has 1 heterocycles. The molecule has 3 atom stereocenters. The van der Waals surface area contributed by atoms with Gasteiger partial charge in [-0.3, -0.25) is 0 Å². The molecule has 2 fully saturated rings. The molecular formula is C16H25N3. The molecule has 2 aliphatic rings. The lowest BCUT2D eigenvalue weighted by molar-refractivity contribution is 0.155. The fraction of sp³-hybridized carbons (Fsp3) is 0.750. The molecule has 3 rings (SSSR count). The average molecular weight is 259 g/mol. The number of hydrogen-bond donors (Lipinski definition) is 1. The van der Waals surface area contributed by atoms with E-state index in [4.69, 9.17) is 0 Å². The molecule has 2 bridgehead atoms. The van der Waals surface area contributed by atoms with Crippen LogP contribution in [-0.4, -0.2) is 16.0 Å². The predicted octanol–water partition coefficient (Wildman–Crippen LogP) is 3.67. The molecule has 0 radical (unpaired) electrons. The monoisotopic (exact) mass is 259 g/mol. The zero-order valence-electron chi connectivity index (χ0n) is 12.5. The Morgan fingerprint density at radius 3 is 2.74 bits per heavy atom. The van der Waals surface area contributed by atoms with Gasteiger partial charge in [0.15, 0.2) is 0 Å². The second-order valence-electron chi connectivity index (χ2n) is 7.24. The molecule has 1 N–H and O–H groups in total. The smallest absolute Gasteiger partial charge is 0.129 e. The van der Waals surface area contributed by atoms with Crippen LogP contribution in [0, 0.1) is 16.7 Å². The standard InChI is InChI=1S/C16H25N3/c1-5-12-8-13(18-10-17-12)19-14-15(2,3)11-6-7-16(14,4)9-11/h8,10-11,14H,5-7,9H2,1-4H3,(H,17,18,19). The van der Waals surface area contributed by atoms with Gasteiger partial charge in [0, 0.05) is 17.8 Å². The van der Waals surface area contributed by atoms with E-state index in [2.05, 4.69) is 49.0 Å². The van der Waals surface area contributed by atoms with E-state index in [-0.39, 0.29) is 0 Å². The number of aryl methyl sites for hydroxylation is 1. The van der Waals surface area contributed by atoms with Crippen molar-refractivity contribution >= 4 is 5.82 Å².